The molecule has 0 unspecified atom stereocenters. The highest BCUT2D eigenvalue weighted by Gasteiger charge is 2.44. The van der Waals surface area contributed by atoms with E-state index in [4.69, 9.17) is 4.74 Å². The fraction of sp³-hybridized carbons (Fsp3) is 0.0870. The van der Waals surface area contributed by atoms with Crippen molar-refractivity contribution in [1.82, 2.24) is 0 Å². The van der Waals surface area contributed by atoms with Crippen LogP contribution in [0.5, 0.6) is 0 Å². The monoisotopic (exact) mass is 371 g/mol. The number of benzene rings is 3. The van der Waals surface area contributed by atoms with Crippen LogP contribution in [0.25, 0.3) is 17.2 Å². The van der Waals surface area contributed by atoms with Gasteiger partial charge in [-0.15, -0.1) is 0 Å². The summed E-state index contributed by atoms with van der Waals surface area (Å²) in [6.07, 6.45) is 4.27. The van der Waals surface area contributed by atoms with Gasteiger partial charge in [-0.1, -0.05) is 60.7 Å². The van der Waals surface area contributed by atoms with Gasteiger partial charge in [-0.25, -0.2) is 0 Å². The summed E-state index contributed by atoms with van der Waals surface area (Å²) in [5, 5.41) is 10.8. The van der Waals surface area contributed by atoms with Crippen LogP contribution in [0.1, 0.15) is 23.1 Å². The van der Waals surface area contributed by atoms with Crippen molar-refractivity contribution in [3.8, 4) is 11.1 Å². The number of fused-ring (bicyclic) bond motifs is 3. The molecule has 0 N–H and O–H groups in total. The van der Waals surface area contributed by atoms with Gasteiger partial charge >= 0.3 is 0 Å². The van der Waals surface area contributed by atoms with Gasteiger partial charge in [-0.2, -0.15) is 0 Å². The fourth-order valence-corrected chi connectivity index (χ4v) is 3.83. The predicted octanol–water partition coefficient (Wildman–Crippen LogP) is 5.10. The van der Waals surface area contributed by atoms with E-state index in [1.54, 1.807) is 12.1 Å². The average Bonchev–Trinajstić information content (AvgIpc) is 3.00. The van der Waals surface area contributed by atoms with Gasteiger partial charge in [0.1, 0.15) is 0 Å². The molecule has 5 heteroatoms. The second-order valence-corrected chi connectivity index (χ2v) is 6.59. The van der Waals surface area contributed by atoms with Gasteiger partial charge in [0.15, 0.2) is 5.60 Å². The van der Waals surface area contributed by atoms with Gasteiger partial charge < -0.3 is 4.74 Å². The number of nitrogens with zero attached hydrogens (tertiary/aromatic N) is 1. The van der Waals surface area contributed by atoms with Gasteiger partial charge in [0.2, 0.25) is 0 Å². The molecule has 3 aromatic carbocycles. The maximum atomic E-state index is 11.4. The van der Waals surface area contributed by atoms with Crippen LogP contribution in [-0.2, 0) is 15.1 Å². The first kappa shape index (κ1) is 17.7. The number of hydrogen-bond acceptors (Lipinski definition) is 4. The first-order valence-electron chi connectivity index (χ1n) is 8.87. The molecule has 0 aromatic heterocycles. The summed E-state index contributed by atoms with van der Waals surface area (Å²) in [4.78, 5) is 21.8. The summed E-state index contributed by atoms with van der Waals surface area (Å²) < 4.78 is 5.71. The van der Waals surface area contributed by atoms with Crippen molar-refractivity contribution in [3.63, 3.8) is 0 Å². The topological polar surface area (TPSA) is 69.4 Å². The van der Waals surface area contributed by atoms with Crippen LogP contribution in [0, 0.1) is 10.1 Å². The SMILES string of the molecule is O=COC1(CC=Cc2ccc([N+](=O)[O-])cc2)c2ccccc2-c2ccccc21. The Morgan fingerprint density at radius 3 is 2.00 bits per heavy atom. The summed E-state index contributed by atoms with van der Waals surface area (Å²) in [5.74, 6) is 0. The average molecular weight is 371 g/mol. The van der Waals surface area contributed by atoms with Crippen LogP contribution in [0.2, 0.25) is 0 Å². The van der Waals surface area contributed by atoms with E-state index in [-0.39, 0.29) is 5.69 Å². The number of ether oxygens (including phenoxy) is 1. The summed E-state index contributed by atoms with van der Waals surface area (Å²) in [6, 6.07) is 22.2. The smallest absolute Gasteiger partial charge is 0.294 e. The Hall–Kier alpha value is -3.73. The Bertz CT molecular complexity index is 1020. The Labute approximate surface area is 162 Å². The Morgan fingerprint density at radius 1 is 0.893 bits per heavy atom. The van der Waals surface area contributed by atoms with Crippen LogP contribution in [0.3, 0.4) is 0 Å². The normalized spacial score (nSPS) is 13.7. The zero-order valence-electron chi connectivity index (χ0n) is 14.9. The minimum atomic E-state index is -0.883. The van der Waals surface area contributed by atoms with E-state index in [1.165, 1.54) is 12.1 Å². The van der Waals surface area contributed by atoms with Crippen LogP contribution in [-0.4, -0.2) is 11.4 Å². The molecule has 0 saturated heterocycles. The molecule has 1 aliphatic carbocycles. The Balaban J connectivity index is 1.71. The van der Waals surface area contributed by atoms with Gasteiger partial charge in [0, 0.05) is 29.7 Å². The minimum absolute atomic E-state index is 0.0524. The number of rotatable bonds is 6. The van der Waals surface area contributed by atoms with Crippen molar-refractivity contribution in [3.05, 3.63) is 106 Å². The summed E-state index contributed by atoms with van der Waals surface area (Å²) >= 11 is 0. The first-order valence-corrected chi connectivity index (χ1v) is 8.87. The molecule has 0 atom stereocenters. The molecule has 0 amide bonds. The molecule has 0 fully saturated rings. The second kappa shape index (κ2) is 7.12. The van der Waals surface area contributed by atoms with Crippen molar-refractivity contribution in [2.24, 2.45) is 0 Å². The van der Waals surface area contributed by atoms with Gasteiger partial charge in [0.25, 0.3) is 12.2 Å². The third-order valence-electron chi connectivity index (χ3n) is 5.08. The zero-order chi connectivity index (χ0) is 19.6. The van der Waals surface area contributed by atoms with Crippen LogP contribution in [0.15, 0.2) is 78.9 Å². The summed E-state index contributed by atoms with van der Waals surface area (Å²) in [5.41, 5.74) is 4.04. The van der Waals surface area contributed by atoms with Crippen molar-refractivity contribution >= 4 is 18.2 Å². The van der Waals surface area contributed by atoms with E-state index in [9.17, 15) is 14.9 Å². The highest BCUT2D eigenvalue weighted by atomic mass is 16.6. The molecular formula is C23H17NO4. The van der Waals surface area contributed by atoms with Crippen molar-refractivity contribution in [2.75, 3.05) is 0 Å². The van der Waals surface area contributed by atoms with E-state index in [0.717, 1.165) is 27.8 Å². The molecule has 3 aromatic rings. The van der Waals surface area contributed by atoms with Gasteiger partial charge in [-0.05, 0) is 28.8 Å². The fourth-order valence-electron chi connectivity index (χ4n) is 3.83. The van der Waals surface area contributed by atoms with E-state index in [1.807, 2.05) is 60.7 Å². The largest absolute Gasteiger partial charge is 0.451 e. The van der Waals surface area contributed by atoms with E-state index in [0.29, 0.717) is 12.9 Å². The maximum Gasteiger partial charge on any atom is 0.294 e. The molecule has 0 aliphatic heterocycles. The third-order valence-corrected chi connectivity index (χ3v) is 5.08. The number of non-ortho nitro benzene ring substituents is 1. The zero-order valence-corrected chi connectivity index (χ0v) is 14.9. The molecule has 1 aliphatic rings. The second-order valence-electron chi connectivity index (χ2n) is 6.59. The predicted molar refractivity (Wildman–Crippen MR) is 107 cm³/mol. The summed E-state index contributed by atoms with van der Waals surface area (Å²) in [6.45, 7) is 0.499. The molecule has 28 heavy (non-hydrogen) atoms. The van der Waals surface area contributed by atoms with Crippen LogP contribution < -0.4 is 0 Å². The highest BCUT2D eigenvalue weighted by molar-refractivity contribution is 5.81. The first-order chi connectivity index (χ1) is 13.7. The quantitative estimate of drug-likeness (QED) is 0.344. The lowest BCUT2D eigenvalue weighted by Gasteiger charge is -2.29. The Kier molecular flexibility index (Phi) is 4.49. The standard InChI is InChI=1S/C23H17NO4/c25-16-28-23(15-5-6-17-11-13-18(14-12-17)24(26)27)21-9-3-1-7-19(21)20-8-2-4-10-22(20)23/h1-14,16H,15H2. The molecule has 138 valence electrons. The van der Waals surface area contributed by atoms with E-state index < -0.39 is 10.5 Å². The maximum absolute atomic E-state index is 11.4. The van der Waals surface area contributed by atoms with E-state index >= 15 is 0 Å². The molecule has 0 saturated carbocycles. The Morgan fingerprint density at radius 2 is 1.46 bits per heavy atom. The number of carbonyl (C=O) groups is 1. The number of nitro groups is 1. The lowest BCUT2D eigenvalue weighted by Crippen LogP contribution is -2.28. The summed E-state index contributed by atoms with van der Waals surface area (Å²) in [7, 11) is 0. The molecular weight excluding hydrogens is 354 g/mol. The number of carbonyl (C=O) groups excluding carboxylic acids is 1. The molecule has 0 heterocycles. The number of nitro benzene ring substituents is 1. The van der Waals surface area contributed by atoms with Crippen molar-refractivity contribution < 1.29 is 14.5 Å². The van der Waals surface area contributed by atoms with Crippen LogP contribution >= 0.6 is 0 Å². The molecule has 0 bridgehead atoms. The van der Waals surface area contributed by atoms with Gasteiger partial charge in [-0.3, -0.25) is 14.9 Å². The van der Waals surface area contributed by atoms with Gasteiger partial charge in [0.05, 0.1) is 4.92 Å². The molecule has 5 nitrogen and oxygen atoms in total. The molecule has 4 rings (SSSR count). The third kappa shape index (κ3) is 2.87. The molecule has 0 radical (unpaired) electrons. The molecule has 0 spiro atoms. The lowest BCUT2D eigenvalue weighted by molar-refractivity contribution is -0.384. The van der Waals surface area contributed by atoms with E-state index in [2.05, 4.69) is 0 Å². The minimum Gasteiger partial charge on any atom is -0.451 e. The lowest BCUT2D eigenvalue weighted by atomic mass is 9.87. The van der Waals surface area contributed by atoms with Crippen molar-refractivity contribution in [1.29, 1.82) is 0 Å². The number of hydrogen-bond donors (Lipinski definition) is 0. The highest BCUT2D eigenvalue weighted by Crippen LogP contribution is 2.51. The van der Waals surface area contributed by atoms with Crippen LogP contribution in [0.4, 0.5) is 5.69 Å². The van der Waals surface area contributed by atoms with Crippen molar-refractivity contribution in [2.45, 2.75) is 12.0 Å².